The normalized spacial score (nSPS) is 19.6. The van der Waals surface area contributed by atoms with Gasteiger partial charge in [0.25, 0.3) is 0 Å². The van der Waals surface area contributed by atoms with E-state index in [9.17, 15) is 4.79 Å². The second kappa shape index (κ2) is 7.21. The highest BCUT2D eigenvalue weighted by atomic mass is 127. The number of carbonyl (C=O) groups excluding carboxylic acids is 1. The van der Waals surface area contributed by atoms with Crippen molar-refractivity contribution >= 4 is 34.2 Å². The largest absolute Gasteiger partial charge is 0.396 e. The summed E-state index contributed by atoms with van der Waals surface area (Å²) < 4.78 is 1.05. The Morgan fingerprint density at radius 1 is 1.47 bits per heavy atom. The van der Waals surface area contributed by atoms with E-state index in [1.54, 1.807) is 0 Å². The number of anilines is 1. The number of amides is 1. The predicted octanol–water partition coefficient (Wildman–Crippen LogP) is 1.93. The van der Waals surface area contributed by atoms with Crippen LogP contribution in [0.2, 0.25) is 0 Å². The average molecular weight is 374 g/mol. The number of aliphatic hydroxyl groups is 1. The molecule has 1 unspecified atom stereocenters. The van der Waals surface area contributed by atoms with Crippen LogP contribution in [0.5, 0.6) is 0 Å². The molecule has 1 aromatic rings. The Hall–Kier alpha value is -0.660. The van der Waals surface area contributed by atoms with Crippen molar-refractivity contribution in [3.8, 4) is 0 Å². The fourth-order valence-corrected chi connectivity index (χ4v) is 2.95. The molecular weight excluding hydrogens is 355 g/mol. The van der Waals surface area contributed by atoms with E-state index in [1.807, 2.05) is 24.3 Å². The Labute approximate surface area is 127 Å². The number of hydrogen-bond acceptors (Lipinski definition) is 3. The van der Waals surface area contributed by atoms with E-state index < -0.39 is 0 Å². The second-order valence-corrected chi connectivity index (χ2v) is 6.09. The van der Waals surface area contributed by atoms with Gasteiger partial charge in [0.1, 0.15) is 0 Å². The molecule has 19 heavy (non-hydrogen) atoms. The molecule has 0 aromatic heterocycles. The van der Waals surface area contributed by atoms with Crippen molar-refractivity contribution in [1.29, 1.82) is 0 Å². The molecule has 1 aliphatic rings. The maximum atomic E-state index is 12.0. The predicted molar refractivity (Wildman–Crippen MR) is 84.0 cm³/mol. The number of benzene rings is 1. The Morgan fingerprint density at radius 3 is 3.00 bits per heavy atom. The highest BCUT2D eigenvalue weighted by Crippen LogP contribution is 2.20. The van der Waals surface area contributed by atoms with Crippen LogP contribution in [0.25, 0.3) is 0 Å². The monoisotopic (exact) mass is 374 g/mol. The molecule has 1 aliphatic heterocycles. The van der Waals surface area contributed by atoms with Gasteiger partial charge in [-0.15, -0.1) is 0 Å². The van der Waals surface area contributed by atoms with E-state index in [1.165, 1.54) is 0 Å². The van der Waals surface area contributed by atoms with Crippen molar-refractivity contribution in [2.75, 3.05) is 31.6 Å². The standard InChI is InChI=1S/C14H19IN2O2/c15-12-3-1-2-4-13(12)16-14(19)10-17-7-5-11(9-17)6-8-18/h1-4,11,18H,5-10H2,(H,16,19). The van der Waals surface area contributed by atoms with Crippen molar-refractivity contribution in [2.45, 2.75) is 12.8 Å². The lowest BCUT2D eigenvalue weighted by atomic mass is 10.1. The van der Waals surface area contributed by atoms with E-state index in [0.29, 0.717) is 12.5 Å². The molecule has 1 atom stereocenters. The number of hydrogen-bond donors (Lipinski definition) is 2. The van der Waals surface area contributed by atoms with E-state index in [4.69, 9.17) is 5.11 Å². The molecule has 1 fully saturated rings. The number of likely N-dealkylation sites (tertiary alicyclic amines) is 1. The van der Waals surface area contributed by atoms with Gasteiger partial charge in [0.05, 0.1) is 12.2 Å². The van der Waals surface area contributed by atoms with Crippen molar-refractivity contribution in [3.05, 3.63) is 27.8 Å². The number of nitrogens with one attached hydrogen (secondary N) is 1. The fourth-order valence-electron chi connectivity index (χ4n) is 2.43. The molecule has 1 amide bonds. The molecule has 0 aliphatic carbocycles. The highest BCUT2D eigenvalue weighted by Gasteiger charge is 2.23. The smallest absolute Gasteiger partial charge is 0.238 e. The van der Waals surface area contributed by atoms with Crippen molar-refractivity contribution in [2.24, 2.45) is 5.92 Å². The molecule has 0 spiro atoms. The third kappa shape index (κ3) is 4.43. The molecule has 0 bridgehead atoms. The quantitative estimate of drug-likeness (QED) is 0.775. The summed E-state index contributed by atoms with van der Waals surface area (Å²) in [6, 6.07) is 7.77. The van der Waals surface area contributed by atoms with E-state index in [-0.39, 0.29) is 12.5 Å². The fraction of sp³-hybridized carbons (Fsp3) is 0.500. The van der Waals surface area contributed by atoms with E-state index in [0.717, 1.165) is 35.2 Å². The summed E-state index contributed by atoms with van der Waals surface area (Å²) in [5.41, 5.74) is 0.874. The molecule has 2 N–H and O–H groups in total. The molecule has 1 saturated heterocycles. The van der Waals surface area contributed by atoms with Gasteiger partial charge in [-0.25, -0.2) is 0 Å². The van der Waals surface area contributed by atoms with Gasteiger partial charge in [0.2, 0.25) is 5.91 Å². The van der Waals surface area contributed by atoms with E-state index >= 15 is 0 Å². The van der Waals surface area contributed by atoms with E-state index in [2.05, 4.69) is 32.8 Å². The zero-order chi connectivity index (χ0) is 13.7. The summed E-state index contributed by atoms with van der Waals surface area (Å²) in [7, 11) is 0. The summed E-state index contributed by atoms with van der Waals surface area (Å²) in [6.07, 6.45) is 1.92. The molecular formula is C14H19IN2O2. The Morgan fingerprint density at radius 2 is 2.26 bits per heavy atom. The van der Waals surface area contributed by atoms with Crippen LogP contribution >= 0.6 is 22.6 Å². The summed E-state index contributed by atoms with van der Waals surface area (Å²) in [4.78, 5) is 14.1. The molecule has 2 rings (SSSR count). The molecule has 5 heteroatoms. The third-order valence-electron chi connectivity index (χ3n) is 3.42. The number of rotatable bonds is 5. The molecule has 0 radical (unpaired) electrons. The Kier molecular flexibility index (Phi) is 5.59. The first-order valence-corrected chi connectivity index (χ1v) is 7.64. The van der Waals surface area contributed by atoms with Gasteiger partial charge in [-0.05, 0) is 60.0 Å². The van der Waals surface area contributed by atoms with Crippen LogP contribution in [0.1, 0.15) is 12.8 Å². The molecule has 0 saturated carbocycles. The number of aliphatic hydroxyl groups excluding tert-OH is 1. The minimum atomic E-state index is 0.0359. The lowest BCUT2D eigenvalue weighted by Crippen LogP contribution is -2.31. The van der Waals surface area contributed by atoms with Crippen LogP contribution in [-0.2, 0) is 4.79 Å². The minimum Gasteiger partial charge on any atom is -0.396 e. The summed E-state index contributed by atoms with van der Waals surface area (Å²) in [6.45, 7) is 2.55. The maximum Gasteiger partial charge on any atom is 0.238 e. The molecule has 1 aromatic carbocycles. The van der Waals surface area contributed by atoms with Crippen LogP contribution < -0.4 is 5.32 Å². The number of halogens is 1. The second-order valence-electron chi connectivity index (χ2n) is 4.93. The van der Waals surface area contributed by atoms with Gasteiger partial charge >= 0.3 is 0 Å². The number of para-hydroxylation sites is 1. The summed E-state index contributed by atoms with van der Waals surface area (Å²) >= 11 is 2.22. The van der Waals surface area contributed by atoms with Crippen LogP contribution in [0.15, 0.2) is 24.3 Å². The SMILES string of the molecule is O=C(CN1CCC(CCO)C1)Nc1ccccc1I. The van der Waals surface area contributed by atoms with Crippen LogP contribution in [-0.4, -0.2) is 42.2 Å². The summed E-state index contributed by atoms with van der Waals surface area (Å²) in [5, 5.41) is 11.9. The first-order valence-electron chi connectivity index (χ1n) is 6.56. The average Bonchev–Trinajstić information content (AvgIpc) is 2.80. The van der Waals surface area contributed by atoms with Crippen molar-refractivity contribution in [3.63, 3.8) is 0 Å². The van der Waals surface area contributed by atoms with Gasteiger partial charge in [-0.2, -0.15) is 0 Å². The van der Waals surface area contributed by atoms with Gasteiger partial charge in [0.15, 0.2) is 0 Å². The Bertz CT molecular complexity index is 439. The molecule has 1 heterocycles. The van der Waals surface area contributed by atoms with Gasteiger partial charge in [-0.1, -0.05) is 12.1 Å². The molecule has 104 valence electrons. The van der Waals surface area contributed by atoms with Gasteiger partial charge in [0, 0.05) is 16.7 Å². The molecule has 4 nitrogen and oxygen atoms in total. The van der Waals surface area contributed by atoms with Crippen LogP contribution in [0, 0.1) is 9.49 Å². The van der Waals surface area contributed by atoms with Crippen LogP contribution in [0.3, 0.4) is 0 Å². The summed E-state index contributed by atoms with van der Waals surface area (Å²) in [5.74, 6) is 0.573. The zero-order valence-corrected chi connectivity index (χ0v) is 13.0. The number of carbonyl (C=O) groups is 1. The van der Waals surface area contributed by atoms with Crippen LogP contribution in [0.4, 0.5) is 5.69 Å². The minimum absolute atomic E-state index is 0.0359. The topological polar surface area (TPSA) is 52.6 Å². The van der Waals surface area contributed by atoms with Crippen molar-refractivity contribution < 1.29 is 9.90 Å². The third-order valence-corrected chi connectivity index (χ3v) is 4.36. The Balaban J connectivity index is 1.81. The lowest BCUT2D eigenvalue weighted by molar-refractivity contribution is -0.117. The zero-order valence-electron chi connectivity index (χ0n) is 10.8. The van der Waals surface area contributed by atoms with Gasteiger partial charge in [-0.3, -0.25) is 9.69 Å². The first-order chi connectivity index (χ1) is 9.19. The highest BCUT2D eigenvalue weighted by molar-refractivity contribution is 14.1. The lowest BCUT2D eigenvalue weighted by Gasteiger charge is -2.15. The maximum absolute atomic E-state index is 12.0. The van der Waals surface area contributed by atoms with Gasteiger partial charge < -0.3 is 10.4 Å². The first kappa shape index (κ1) is 14.7. The number of nitrogens with zero attached hydrogens (tertiary/aromatic N) is 1. The van der Waals surface area contributed by atoms with Crippen molar-refractivity contribution in [1.82, 2.24) is 4.90 Å².